The quantitative estimate of drug-likeness (QED) is 0.384. The molecule has 2 unspecified atom stereocenters. The summed E-state index contributed by atoms with van der Waals surface area (Å²) in [4.78, 5) is 9.06. The van der Waals surface area contributed by atoms with Crippen LogP contribution in [0.1, 0.15) is 36.1 Å². The topological polar surface area (TPSA) is 97.8 Å². The number of methoxy groups -OCH3 is 1. The van der Waals surface area contributed by atoms with E-state index in [1.807, 2.05) is 0 Å². The molecule has 1 aliphatic heterocycles. The number of anilines is 2. The summed E-state index contributed by atoms with van der Waals surface area (Å²) in [5.41, 5.74) is 0.502. The predicted molar refractivity (Wildman–Crippen MR) is 130 cm³/mol. The Morgan fingerprint density at radius 3 is 2.69 bits per heavy atom. The maximum absolute atomic E-state index is 13.5. The van der Waals surface area contributed by atoms with E-state index >= 15 is 0 Å². The lowest BCUT2D eigenvalue weighted by Crippen LogP contribution is -2.17. The van der Waals surface area contributed by atoms with Crippen molar-refractivity contribution >= 4 is 22.7 Å². The van der Waals surface area contributed by atoms with Gasteiger partial charge in [0.05, 0.1) is 44.1 Å². The third-order valence-corrected chi connectivity index (χ3v) is 6.06. The van der Waals surface area contributed by atoms with E-state index < -0.39 is 17.8 Å². The zero-order valence-electron chi connectivity index (χ0n) is 20.3. The third-order valence-electron chi connectivity index (χ3n) is 6.06. The minimum absolute atomic E-state index is 0.120. The highest BCUT2D eigenvalue weighted by atomic mass is 19.4. The van der Waals surface area contributed by atoms with Gasteiger partial charge in [0.1, 0.15) is 11.9 Å². The first-order valence-corrected chi connectivity index (χ1v) is 11.6. The number of aliphatic hydroxyl groups excluding tert-OH is 1. The zero-order valence-corrected chi connectivity index (χ0v) is 20.3. The van der Waals surface area contributed by atoms with Gasteiger partial charge in [0, 0.05) is 24.4 Å². The average molecular weight is 507 g/mol. The number of ether oxygens (including phenoxy) is 3. The Hall–Kier alpha value is -3.31. The van der Waals surface area contributed by atoms with Gasteiger partial charge in [0.25, 0.3) is 0 Å². The molecule has 0 amide bonds. The summed E-state index contributed by atoms with van der Waals surface area (Å²) in [6, 6.07) is 7.11. The number of rotatable bonds is 9. The average Bonchev–Trinajstić information content (AvgIpc) is 3.35. The molecule has 1 aliphatic rings. The number of halogens is 3. The minimum Gasteiger partial charge on any atom is -0.493 e. The molecule has 1 saturated heterocycles. The molecular weight excluding hydrogens is 477 g/mol. The van der Waals surface area contributed by atoms with Crippen molar-refractivity contribution in [2.75, 3.05) is 44.1 Å². The molecule has 3 aromatic rings. The predicted octanol–water partition coefficient (Wildman–Crippen LogP) is 4.71. The van der Waals surface area contributed by atoms with Crippen LogP contribution >= 0.6 is 0 Å². The van der Waals surface area contributed by atoms with Gasteiger partial charge >= 0.3 is 6.18 Å². The molecule has 0 saturated carbocycles. The molecule has 2 heterocycles. The van der Waals surface area contributed by atoms with Gasteiger partial charge in [-0.15, -0.1) is 0 Å². The lowest BCUT2D eigenvalue weighted by Gasteiger charge is -2.22. The molecule has 1 aromatic heterocycles. The van der Waals surface area contributed by atoms with E-state index in [1.54, 1.807) is 25.1 Å². The van der Waals surface area contributed by atoms with Crippen LogP contribution < -0.4 is 20.1 Å². The van der Waals surface area contributed by atoms with E-state index in [9.17, 15) is 18.3 Å². The Labute approximate surface area is 206 Å². The first-order chi connectivity index (χ1) is 17.2. The molecule has 4 rings (SSSR count). The summed E-state index contributed by atoms with van der Waals surface area (Å²) in [5, 5.41) is 16.0. The molecule has 2 aromatic carbocycles. The maximum atomic E-state index is 13.5. The first kappa shape index (κ1) is 25.8. The Kier molecular flexibility index (Phi) is 7.70. The van der Waals surface area contributed by atoms with Crippen LogP contribution in [0.4, 0.5) is 24.9 Å². The van der Waals surface area contributed by atoms with Crippen LogP contribution in [0.15, 0.2) is 30.3 Å². The summed E-state index contributed by atoms with van der Waals surface area (Å²) >= 11 is 0. The second-order valence-corrected chi connectivity index (χ2v) is 8.55. The molecule has 3 N–H and O–H groups in total. The number of alkyl halides is 3. The van der Waals surface area contributed by atoms with E-state index in [2.05, 4.69) is 20.6 Å². The zero-order chi connectivity index (χ0) is 25.9. The normalized spacial score (nSPS) is 16.7. The highest BCUT2D eigenvalue weighted by Gasteiger charge is 2.33. The number of nitrogens with zero attached hydrogens (tertiary/aromatic N) is 2. The van der Waals surface area contributed by atoms with Gasteiger partial charge in [-0.2, -0.15) is 18.2 Å². The van der Waals surface area contributed by atoms with Gasteiger partial charge in [-0.25, -0.2) is 4.98 Å². The lowest BCUT2D eigenvalue weighted by atomic mass is 9.97. The number of aromatic nitrogens is 2. The van der Waals surface area contributed by atoms with Crippen molar-refractivity contribution in [2.24, 2.45) is 0 Å². The van der Waals surface area contributed by atoms with Crippen molar-refractivity contribution in [3.05, 3.63) is 47.0 Å². The Morgan fingerprint density at radius 2 is 2.03 bits per heavy atom. The van der Waals surface area contributed by atoms with E-state index in [-0.39, 0.29) is 30.8 Å². The number of fused-ring (bicyclic) bond motifs is 1. The molecule has 0 aliphatic carbocycles. The van der Waals surface area contributed by atoms with Crippen LogP contribution in [0, 0.1) is 6.92 Å². The number of nitrogens with one attached hydrogen (secondary N) is 2. The summed E-state index contributed by atoms with van der Waals surface area (Å²) in [6.45, 7) is 4.43. The Morgan fingerprint density at radius 1 is 1.22 bits per heavy atom. The first-order valence-electron chi connectivity index (χ1n) is 11.6. The summed E-state index contributed by atoms with van der Waals surface area (Å²) in [6.07, 6.45) is -3.82. The molecule has 0 radical (unpaired) electrons. The van der Waals surface area contributed by atoms with Crippen LogP contribution in [0.5, 0.6) is 11.5 Å². The molecule has 36 heavy (non-hydrogen) atoms. The van der Waals surface area contributed by atoms with Gasteiger partial charge in [0.15, 0.2) is 11.5 Å². The number of hydrogen-bond donors (Lipinski definition) is 3. The summed E-state index contributed by atoms with van der Waals surface area (Å²) in [7, 11) is 1.53. The fraction of sp³-hybridized carbons (Fsp3) is 0.440. The van der Waals surface area contributed by atoms with Crippen molar-refractivity contribution in [1.29, 1.82) is 0 Å². The number of benzene rings is 2. The fourth-order valence-electron chi connectivity index (χ4n) is 4.24. The maximum Gasteiger partial charge on any atom is 0.416 e. The third kappa shape index (κ3) is 5.57. The van der Waals surface area contributed by atoms with Crippen LogP contribution in [0.25, 0.3) is 10.9 Å². The van der Waals surface area contributed by atoms with Crippen molar-refractivity contribution in [3.63, 3.8) is 0 Å². The van der Waals surface area contributed by atoms with Crippen molar-refractivity contribution in [2.45, 2.75) is 38.6 Å². The highest BCUT2D eigenvalue weighted by Crippen LogP contribution is 2.38. The Balaban J connectivity index is 1.76. The van der Waals surface area contributed by atoms with Crippen LogP contribution in [-0.4, -0.2) is 54.7 Å². The summed E-state index contributed by atoms with van der Waals surface area (Å²) in [5.74, 6) is 1.63. The van der Waals surface area contributed by atoms with Crippen molar-refractivity contribution < 1.29 is 32.5 Å². The lowest BCUT2D eigenvalue weighted by molar-refractivity contribution is -0.138. The number of hydrogen-bond acceptors (Lipinski definition) is 8. The van der Waals surface area contributed by atoms with E-state index in [4.69, 9.17) is 14.2 Å². The highest BCUT2D eigenvalue weighted by molar-refractivity contribution is 5.93. The van der Waals surface area contributed by atoms with Gasteiger partial charge < -0.3 is 30.0 Å². The van der Waals surface area contributed by atoms with Crippen LogP contribution in [-0.2, 0) is 10.9 Å². The molecule has 194 valence electrons. The van der Waals surface area contributed by atoms with E-state index in [0.717, 1.165) is 12.5 Å². The largest absolute Gasteiger partial charge is 0.493 e. The SMILES string of the molecule is COc1cc2nc(NCCO)nc(NC(C)c3cccc(C(F)(F)F)c3C)c2cc1OC1CCOC1. The smallest absolute Gasteiger partial charge is 0.416 e. The van der Waals surface area contributed by atoms with Gasteiger partial charge in [-0.1, -0.05) is 12.1 Å². The number of aliphatic hydroxyl groups is 1. The van der Waals surface area contributed by atoms with Gasteiger partial charge in [-0.3, -0.25) is 0 Å². The van der Waals surface area contributed by atoms with Crippen molar-refractivity contribution in [3.8, 4) is 11.5 Å². The van der Waals surface area contributed by atoms with Gasteiger partial charge in [-0.05, 0) is 37.1 Å². The molecule has 8 nitrogen and oxygen atoms in total. The van der Waals surface area contributed by atoms with Crippen molar-refractivity contribution in [1.82, 2.24) is 9.97 Å². The molecule has 1 fully saturated rings. The van der Waals surface area contributed by atoms with Gasteiger partial charge in [0.2, 0.25) is 5.95 Å². The molecule has 11 heteroatoms. The van der Waals surface area contributed by atoms with Crippen LogP contribution in [0.3, 0.4) is 0 Å². The monoisotopic (exact) mass is 506 g/mol. The molecule has 0 spiro atoms. The second-order valence-electron chi connectivity index (χ2n) is 8.55. The summed E-state index contributed by atoms with van der Waals surface area (Å²) < 4.78 is 57.5. The molecular formula is C25H29F3N4O4. The van der Waals surface area contributed by atoms with Crippen LogP contribution in [0.2, 0.25) is 0 Å². The second kappa shape index (κ2) is 10.8. The van der Waals surface area contributed by atoms with E-state index in [0.29, 0.717) is 47.0 Å². The van der Waals surface area contributed by atoms with E-state index in [1.165, 1.54) is 20.1 Å². The standard InChI is InChI=1S/C25H29F3N4O4/c1-14-17(5-4-6-19(14)25(26,27)28)15(2)30-23-18-11-22(36-16-7-10-35-13-16)21(34-3)12-20(18)31-24(32-23)29-8-9-33/h4-6,11-12,15-16,33H,7-10,13H2,1-3H3,(H2,29,30,31,32). The minimum atomic E-state index is -4.45. The fourth-order valence-corrected chi connectivity index (χ4v) is 4.24. The molecule has 2 atom stereocenters. The Bertz CT molecular complexity index is 1220. The molecule has 0 bridgehead atoms.